The summed E-state index contributed by atoms with van der Waals surface area (Å²) >= 11 is 7.31. The van der Waals surface area contributed by atoms with E-state index in [-0.39, 0.29) is 18.0 Å². The van der Waals surface area contributed by atoms with Gasteiger partial charge in [-0.1, -0.05) is 23.7 Å². The van der Waals surface area contributed by atoms with E-state index < -0.39 is 5.60 Å². The number of hydrogen-bond acceptors (Lipinski definition) is 5. The molecule has 0 radical (unpaired) electrons. The number of thiophene rings is 1. The number of nitrogens with zero attached hydrogens (tertiary/aromatic N) is 3. The summed E-state index contributed by atoms with van der Waals surface area (Å²) in [6, 6.07) is 8.88. The zero-order valence-electron chi connectivity index (χ0n) is 14.5. The van der Waals surface area contributed by atoms with Gasteiger partial charge in [0.2, 0.25) is 5.91 Å². The maximum absolute atomic E-state index is 12.6. The Bertz CT molecular complexity index is 1040. The Kier molecular flexibility index (Phi) is 4.75. The van der Waals surface area contributed by atoms with E-state index in [4.69, 9.17) is 11.6 Å². The number of hydrogen-bond donors (Lipinski definition) is 1. The average Bonchev–Trinajstić information content (AvgIpc) is 3.14. The fourth-order valence-corrected chi connectivity index (χ4v) is 4.28. The Balaban J connectivity index is 1.44. The minimum absolute atomic E-state index is 0.0446. The predicted molar refractivity (Wildman–Crippen MR) is 105 cm³/mol. The first-order valence-corrected chi connectivity index (χ1v) is 9.91. The highest BCUT2D eigenvalue weighted by atomic mass is 35.5. The van der Waals surface area contributed by atoms with Gasteiger partial charge in [0.15, 0.2) is 0 Å². The van der Waals surface area contributed by atoms with Crippen LogP contribution in [0.25, 0.3) is 10.2 Å². The average molecular weight is 404 g/mol. The third-order valence-corrected chi connectivity index (χ3v) is 6.15. The third-order valence-electron chi connectivity index (χ3n) is 5.08. The number of aromatic nitrogens is 2. The van der Waals surface area contributed by atoms with Crippen molar-refractivity contribution in [3.05, 3.63) is 63.0 Å². The summed E-state index contributed by atoms with van der Waals surface area (Å²) in [5.41, 5.74) is -0.360. The van der Waals surface area contributed by atoms with Crippen LogP contribution in [0.15, 0.2) is 46.8 Å². The Morgan fingerprint density at radius 2 is 1.93 bits per heavy atom. The van der Waals surface area contributed by atoms with E-state index in [1.807, 2.05) is 17.5 Å². The lowest BCUT2D eigenvalue weighted by molar-refractivity contribution is -0.136. The monoisotopic (exact) mass is 403 g/mol. The molecule has 3 heterocycles. The molecular weight excluding hydrogens is 386 g/mol. The fraction of sp³-hybridized carbons (Fsp3) is 0.316. The van der Waals surface area contributed by atoms with Gasteiger partial charge < -0.3 is 10.0 Å². The molecule has 4 rings (SSSR count). The molecule has 1 fully saturated rings. The number of piperidine rings is 1. The van der Waals surface area contributed by atoms with Gasteiger partial charge in [-0.2, -0.15) is 0 Å². The first-order chi connectivity index (χ1) is 13.0. The van der Waals surface area contributed by atoms with Gasteiger partial charge in [0.05, 0.1) is 17.3 Å². The molecule has 1 amide bonds. The summed E-state index contributed by atoms with van der Waals surface area (Å²) in [5.74, 6) is -0.147. The summed E-state index contributed by atoms with van der Waals surface area (Å²) in [6.45, 7) is 0.818. The van der Waals surface area contributed by atoms with Crippen LogP contribution >= 0.6 is 22.9 Å². The van der Waals surface area contributed by atoms with Crippen molar-refractivity contribution in [2.24, 2.45) is 0 Å². The first kappa shape index (κ1) is 18.2. The molecule has 1 aromatic carbocycles. The van der Waals surface area contributed by atoms with Crippen LogP contribution in [0.3, 0.4) is 0 Å². The maximum Gasteiger partial charge on any atom is 0.262 e. The molecule has 0 saturated carbocycles. The summed E-state index contributed by atoms with van der Waals surface area (Å²) in [7, 11) is 0. The van der Waals surface area contributed by atoms with Crippen LogP contribution in [0.4, 0.5) is 0 Å². The van der Waals surface area contributed by atoms with E-state index in [1.165, 1.54) is 22.2 Å². The molecule has 3 aromatic rings. The van der Waals surface area contributed by atoms with Crippen LogP contribution in [-0.4, -0.2) is 38.6 Å². The Morgan fingerprint density at radius 3 is 2.63 bits per heavy atom. The van der Waals surface area contributed by atoms with E-state index in [9.17, 15) is 14.7 Å². The van der Waals surface area contributed by atoms with E-state index in [0.29, 0.717) is 41.2 Å². The molecule has 0 atom stereocenters. The molecule has 0 spiro atoms. The number of benzene rings is 1. The van der Waals surface area contributed by atoms with Crippen molar-refractivity contribution < 1.29 is 9.90 Å². The van der Waals surface area contributed by atoms with Crippen molar-refractivity contribution in [1.29, 1.82) is 0 Å². The molecule has 2 aromatic heterocycles. The van der Waals surface area contributed by atoms with Gasteiger partial charge in [0.1, 0.15) is 11.4 Å². The van der Waals surface area contributed by atoms with E-state index in [0.717, 1.165) is 5.56 Å². The van der Waals surface area contributed by atoms with Crippen molar-refractivity contribution >= 4 is 39.1 Å². The number of fused-ring (bicyclic) bond motifs is 1. The number of carbonyl (C=O) groups is 1. The predicted octanol–water partition coefficient (Wildman–Crippen LogP) is 2.62. The third kappa shape index (κ3) is 3.50. The molecule has 8 heteroatoms. The molecule has 27 heavy (non-hydrogen) atoms. The summed E-state index contributed by atoms with van der Waals surface area (Å²) in [5, 5.41) is 13.9. The summed E-state index contributed by atoms with van der Waals surface area (Å²) < 4.78 is 1.34. The second-order valence-electron chi connectivity index (χ2n) is 6.74. The van der Waals surface area contributed by atoms with Gasteiger partial charge in [-0.25, -0.2) is 4.98 Å². The van der Waals surface area contributed by atoms with Gasteiger partial charge in [-0.3, -0.25) is 14.2 Å². The molecule has 0 bridgehead atoms. The molecule has 0 unspecified atom stereocenters. The number of rotatable bonds is 3. The second kappa shape index (κ2) is 7.07. The lowest BCUT2D eigenvalue weighted by Crippen LogP contribution is -2.46. The molecule has 140 valence electrons. The van der Waals surface area contributed by atoms with Crippen molar-refractivity contribution in [2.45, 2.75) is 25.0 Å². The zero-order valence-corrected chi connectivity index (χ0v) is 16.0. The maximum atomic E-state index is 12.6. The lowest BCUT2D eigenvalue weighted by Gasteiger charge is -2.38. The molecular formula is C19H18ClN3O3S. The van der Waals surface area contributed by atoms with Gasteiger partial charge in [0.25, 0.3) is 5.56 Å². The van der Waals surface area contributed by atoms with Gasteiger partial charge >= 0.3 is 0 Å². The van der Waals surface area contributed by atoms with E-state index in [2.05, 4.69) is 4.98 Å². The first-order valence-electron chi connectivity index (χ1n) is 8.65. The number of halogens is 1. The summed E-state index contributed by atoms with van der Waals surface area (Å²) in [4.78, 5) is 31.7. The van der Waals surface area contributed by atoms with Gasteiger partial charge in [-0.15, -0.1) is 11.3 Å². The Morgan fingerprint density at radius 1 is 1.22 bits per heavy atom. The molecule has 1 aliphatic heterocycles. The fourth-order valence-electron chi connectivity index (χ4n) is 3.43. The van der Waals surface area contributed by atoms with E-state index >= 15 is 0 Å². The lowest BCUT2D eigenvalue weighted by atomic mass is 9.84. The molecule has 1 N–H and O–H groups in total. The van der Waals surface area contributed by atoms with E-state index in [1.54, 1.807) is 23.1 Å². The molecule has 1 saturated heterocycles. The normalized spacial score (nSPS) is 16.6. The molecule has 1 aliphatic rings. The van der Waals surface area contributed by atoms with Crippen LogP contribution in [0, 0.1) is 0 Å². The van der Waals surface area contributed by atoms with Crippen LogP contribution in [-0.2, 0) is 16.9 Å². The van der Waals surface area contributed by atoms with Crippen molar-refractivity contribution in [3.8, 4) is 0 Å². The smallest absolute Gasteiger partial charge is 0.262 e. The minimum Gasteiger partial charge on any atom is -0.385 e. The second-order valence-corrected chi connectivity index (χ2v) is 8.07. The number of likely N-dealkylation sites (tertiary alicyclic amines) is 1. The molecule has 0 aliphatic carbocycles. The van der Waals surface area contributed by atoms with Crippen LogP contribution in [0.5, 0.6) is 0 Å². The quantitative estimate of drug-likeness (QED) is 0.729. The van der Waals surface area contributed by atoms with Crippen LogP contribution < -0.4 is 5.56 Å². The van der Waals surface area contributed by atoms with Crippen LogP contribution in [0.2, 0.25) is 5.02 Å². The molecule has 6 nitrogen and oxygen atoms in total. The Hall–Kier alpha value is -2.22. The summed E-state index contributed by atoms with van der Waals surface area (Å²) in [6.07, 6.45) is 2.31. The van der Waals surface area contributed by atoms with Crippen molar-refractivity contribution in [2.75, 3.05) is 13.1 Å². The zero-order chi connectivity index (χ0) is 19.0. The number of aliphatic hydroxyl groups is 1. The largest absolute Gasteiger partial charge is 0.385 e. The standard InChI is InChI=1S/C19H18ClN3O3S/c20-14-3-1-13(2-4-14)19(26)6-8-22(9-7-19)16(24)11-23-12-21-17-15(18(23)25)5-10-27-17/h1-5,10,12,26H,6-9,11H2. The van der Waals surface area contributed by atoms with Crippen molar-refractivity contribution in [1.82, 2.24) is 14.5 Å². The van der Waals surface area contributed by atoms with Gasteiger partial charge in [0, 0.05) is 18.1 Å². The van der Waals surface area contributed by atoms with Crippen LogP contribution in [0.1, 0.15) is 18.4 Å². The number of carbonyl (C=O) groups excluding carboxylic acids is 1. The van der Waals surface area contributed by atoms with Crippen molar-refractivity contribution in [3.63, 3.8) is 0 Å². The highest BCUT2D eigenvalue weighted by molar-refractivity contribution is 7.16. The highest BCUT2D eigenvalue weighted by Gasteiger charge is 2.35. The highest BCUT2D eigenvalue weighted by Crippen LogP contribution is 2.33. The number of amides is 1. The Labute approximate surface area is 164 Å². The topological polar surface area (TPSA) is 75.4 Å². The SMILES string of the molecule is O=C(Cn1cnc2sccc2c1=O)N1CCC(O)(c2ccc(Cl)cc2)CC1. The van der Waals surface area contributed by atoms with Gasteiger partial charge in [-0.05, 0) is 42.0 Å². The minimum atomic E-state index is -0.963.